The number of aliphatic imine (C=N–C) groups is 1. The third kappa shape index (κ3) is 6.11. The molecular formula is C26H23N3O3S. The average molecular weight is 458 g/mol. The monoisotopic (exact) mass is 457 g/mol. The van der Waals surface area contributed by atoms with Crippen LogP contribution in [0, 0.1) is 0 Å². The van der Waals surface area contributed by atoms with Crippen LogP contribution in [0.5, 0.6) is 5.75 Å². The van der Waals surface area contributed by atoms with Gasteiger partial charge < -0.3 is 10.5 Å². The molecule has 6 nitrogen and oxygen atoms in total. The number of carbonyl (C=O) groups excluding carboxylic acids is 2. The van der Waals surface area contributed by atoms with Gasteiger partial charge in [-0.05, 0) is 59.7 Å². The lowest BCUT2D eigenvalue weighted by Crippen LogP contribution is -2.31. The van der Waals surface area contributed by atoms with Crippen molar-refractivity contribution in [3.63, 3.8) is 0 Å². The molecule has 3 aromatic rings. The van der Waals surface area contributed by atoms with Crippen LogP contribution in [0.1, 0.15) is 11.1 Å². The van der Waals surface area contributed by atoms with Gasteiger partial charge in [-0.2, -0.15) is 0 Å². The summed E-state index contributed by atoms with van der Waals surface area (Å²) in [6.45, 7) is 0.364. The molecule has 0 spiro atoms. The van der Waals surface area contributed by atoms with Crippen molar-refractivity contribution in [3.05, 3.63) is 101 Å². The summed E-state index contributed by atoms with van der Waals surface area (Å²) in [6.07, 6.45) is 2.58. The van der Waals surface area contributed by atoms with Gasteiger partial charge in [0.15, 0.2) is 11.8 Å². The van der Waals surface area contributed by atoms with Crippen LogP contribution in [0.2, 0.25) is 0 Å². The van der Waals surface area contributed by atoms with Crippen LogP contribution >= 0.6 is 11.8 Å². The van der Waals surface area contributed by atoms with Crippen molar-refractivity contribution in [3.8, 4) is 5.75 Å². The average Bonchev–Trinajstić information content (AvgIpc) is 3.12. The van der Waals surface area contributed by atoms with E-state index in [1.807, 2.05) is 66.7 Å². The number of carbonyl (C=O) groups is 2. The molecule has 0 aromatic heterocycles. The Kier molecular flexibility index (Phi) is 7.22. The third-order valence-electron chi connectivity index (χ3n) is 4.89. The van der Waals surface area contributed by atoms with E-state index in [-0.39, 0.29) is 12.5 Å². The number of ether oxygens (including phenoxy) is 1. The van der Waals surface area contributed by atoms with E-state index < -0.39 is 5.91 Å². The van der Waals surface area contributed by atoms with Crippen LogP contribution in [0.25, 0.3) is 6.08 Å². The number of nitrogens with zero attached hydrogens (tertiary/aromatic N) is 2. The fourth-order valence-corrected chi connectivity index (χ4v) is 4.28. The van der Waals surface area contributed by atoms with Crippen molar-refractivity contribution in [2.24, 2.45) is 10.7 Å². The van der Waals surface area contributed by atoms with Gasteiger partial charge in [0.2, 0.25) is 0 Å². The first-order chi connectivity index (χ1) is 16.1. The van der Waals surface area contributed by atoms with Gasteiger partial charge in [0.25, 0.3) is 11.8 Å². The van der Waals surface area contributed by atoms with Crippen molar-refractivity contribution in [2.75, 3.05) is 13.2 Å². The molecule has 0 saturated carbocycles. The van der Waals surface area contributed by atoms with Gasteiger partial charge in [-0.3, -0.25) is 14.5 Å². The molecule has 7 heteroatoms. The second-order valence-corrected chi connectivity index (χ2v) is 8.37. The zero-order valence-corrected chi connectivity index (χ0v) is 18.7. The van der Waals surface area contributed by atoms with Crippen molar-refractivity contribution >= 4 is 40.5 Å². The Labute approximate surface area is 196 Å². The van der Waals surface area contributed by atoms with Gasteiger partial charge in [0.05, 0.1) is 10.6 Å². The molecule has 1 heterocycles. The SMILES string of the molecule is NC(=O)COc1ccc(C=C2SC(=Nc3ccccc3)N(CCc3ccccc3)C2=O)cc1. The quantitative estimate of drug-likeness (QED) is 0.508. The minimum Gasteiger partial charge on any atom is -0.484 e. The summed E-state index contributed by atoms with van der Waals surface area (Å²) in [7, 11) is 0. The number of nitrogens with two attached hydrogens (primary N) is 1. The predicted molar refractivity (Wildman–Crippen MR) is 132 cm³/mol. The van der Waals surface area contributed by atoms with Gasteiger partial charge in [-0.1, -0.05) is 60.7 Å². The highest BCUT2D eigenvalue weighted by atomic mass is 32.2. The first-order valence-electron chi connectivity index (χ1n) is 10.5. The van der Waals surface area contributed by atoms with E-state index in [1.54, 1.807) is 17.0 Å². The van der Waals surface area contributed by atoms with Crippen LogP contribution in [0.4, 0.5) is 5.69 Å². The fourth-order valence-electron chi connectivity index (χ4n) is 3.25. The first-order valence-corrected chi connectivity index (χ1v) is 11.3. The molecule has 0 radical (unpaired) electrons. The van der Waals surface area contributed by atoms with Crippen LogP contribution in [-0.4, -0.2) is 35.0 Å². The standard InChI is InChI=1S/C26H23N3O3S/c27-24(30)18-32-22-13-11-20(12-14-22)17-23-25(31)29(16-15-19-7-3-1-4-8-19)26(33-23)28-21-9-5-2-6-10-21/h1-14,17H,15-16,18H2,(H2,27,30). The molecular weight excluding hydrogens is 434 g/mol. The normalized spacial score (nSPS) is 15.9. The number of hydrogen-bond donors (Lipinski definition) is 1. The molecule has 0 atom stereocenters. The molecule has 2 amide bonds. The Morgan fingerprint density at radius 3 is 2.30 bits per heavy atom. The predicted octanol–water partition coefficient (Wildman–Crippen LogP) is 4.40. The maximum Gasteiger partial charge on any atom is 0.266 e. The van der Waals surface area contributed by atoms with Crippen LogP contribution in [0.3, 0.4) is 0 Å². The number of primary amides is 1. The van der Waals surface area contributed by atoms with E-state index in [0.29, 0.717) is 22.4 Å². The highest BCUT2D eigenvalue weighted by Crippen LogP contribution is 2.34. The summed E-state index contributed by atoms with van der Waals surface area (Å²) in [5.74, 6) is -0.0631. The van der Waals surface area contributed by atoms with E-state index in [9.17, 15) is 9.59 Å². The highest BCUT2D eigenvalue weighted by molar-refractivity contribution is 8.18. The summed E-state index contributed by atoms with van der Waals surface area (Å²) in [5.41, 5.74) is 7.92. The maximum atomic E-state index is 13.3. The number of rotatable bonds is 8. The van der Waals surface area contributed by atoms with Crippen molar-refractivity contribution in [1.82, 2.24) is 4.90 Å². The number of para-hydroxylation sites is 1. The Morgan fingerprint density at radius 1 is 0.970 bits per heavy atom. The van der Waals surface area contributed by atoms with E-state index in [2.05, 4.69) is 12.1 Å². The molecule has 0 bridgehead atoms. The number of amides is 2. The summed E-state index contributed by atoms with van der Waals surface area (Å²) >= 11 is 1.37. The third-order valence-corrected chi connectivity index (χ3v) is 5.90. The Bertz CT molecular complexity index is 1180. The van der Waals surface area contributed by atoms with E-state index in [4.69, 9.17) is 15.5 Å². The largest absolute Gasteiger partial charge is 0.484 e. The minimum absolute atomic E-state index is 0.0698. The molecule has 1 fully saturated rings. The summed E-state index contributed by atoms with van der Waals surface area (Å²) in [6, 6.07) is 26.8. The van der Waals surface area contributed by atoms with E-state index in [1.165, 1.54) is 17.3 Å². The van der Waals surface area contributed by atoms with E-state index in [0.717, 1.165) is 17.7 Å². The molecule has 1 aliphatic rings. The lowest BCUT2D eigenvalue weighted by molar-refractivity contribution is -0.122. The molecule has 1 saturated heterocycles. The van der Waals surface area contributed by atoms with Crippen molar-refractivity contribution in [1.29, 1.82) is 0 Å². The molecule has 33 heavy (non-hydrogen) atoms. The molecule has 3 aromatic carbocycles. The summed E-state index contributed by atoms with van der Waals surface area (Å²) in [5, 5.41) is 0.662. The lowest BCUT2D eigenvalue weighted by atomic mass is 10.1. The Balaban J connectivity index is 1.55. The van der Waals surface area contributed by atoms with Crippen molar-refractivity contribution in [2.45, 2.75) is 6.42 Å². The number of benzene rings is 3. The number of amidine groups is 1. The van der Waals surface area contributed by atoms with Gasteiger partial charge >= 0.3 is 0 Å². The number of hydrogen-bond acceptors (Lipinski definition) is 5. The van der Waals surface area contributed by atoms with Crippen LogP contribution in [-0.2, 0) is 16.0 Å². The van der Waals surface area contributed by atoms with Crippen molar-refractivity contribution < 1.29 is 14.3 Å². The van der Waals surface area contributed by atoms with Gasteiger partial charge in [0, 0.05) is 6.54 Å². The number of thioether (sulfide) groups is 1. The van der Waals surface area contributed by atoms with Gasteiger partial charge in [-0.25, -0.2) is 4.99 Å². The molecule has 0 aliphatic carbocycles. The smallest absolute Gasteiger partial charge is 0.266 e. The van der Waals surface area contributed by atoms with E-state index >= 15 is 0 Å². The molecule has 1 aliphatic heterocycles. The second kappa shape index (κ2) is 10.7. The molecule has 0 unspecified atom stereocenters. The first kappa shape index (κ1) is 22.4. The van der Waals surface area contributed by atoms with Gasteiger partial charge in [-0.15, -0.1) is 0 Å². The lowest BCUT2D eigenvalue weighted by Gasteiger charge is -2.15. The zero-order valence-electron chi connectivity index (χ0n) is 17.9. The molecule has 2 N–H and O–H groups in total. The molecule has 4 rings (SSSR count). The minimum atomic E-state index is -0.532. The topological polar surface area (TPSA) is 85.0 Å². The highest BCUT2D eigenvalue weighted by Gasteiger charge is 2.33. The second-order valence-electron chi connectivity index (χ2n) is 7.36. The summed E-state index contributed by atoms with van der Waals surface area (Å²) in [4.78, 5) is 31.2. The molecule has 166 valence electrons. The van der Waals surface area contributed by atoms with Crippen LogP contribution in [0.15, 0.2) is 94.8 Å². The van der Waals surface area contributed by atoms with Crippen LogP contribution < -0.4 is 10.5 Å². The maximum absolute atomic E-state index is 13.3. The zero-order chi connectivity index (χ0) is 23.0. The summed E-state index contributed by atoms with van der Waals surface area (Å²) < 4.78 is 5.29. The Hall–Kier alpha value is -3.84. The fraction of sp³-hybridized carbons (Fsp3) is 0.115. The Morgan fingerprint density at radius 2 is 1.64 bits per heavy atom. The van der Waals surface area contributed by atoms with Gasteiger partial charge in [0.1, 0.15) is 5.75 Å².